The number of nitrogens with one attached hydrogen (secondary N) is 1. The summed E-state index contributed by atoms with van der Waals surface area (Å²) in [5.41, 5.74) is 2.86. The Labute approximate surface area is 125 Å². The van der Waals surface area contributed by atoms with Crippen LogP contribution in [0.1, 0.15) is 53.1 Å². The molecule has 1 aliphatic rings. The van der Waals surface area contributed by atoms with Crippen molar-refractivity contribution in [2.45, 2.75) is 51.6 Å². The Morgan fingerprint density at radius 1 is 1.35 bits per heavy atom. The highest BCUT2D eigenvalue weighted by molar-refractivity contribution is 7.12. The van der Waals surface area contributed by atoms with Gasteiger partial charge in [0.15, 0.2) is 0 Å². The quantitative estimate of drug-likeness (QED) is 0.873. The van der Waals surface area contributed by atoms with Gasteiger partial charge in [0, 0.05) is 28.1 Å². The number of hydrogen-bond acceptors (Lipinski definition) is 3. The van der Waals surface area contributed by atoms with Crippen molar-refractivity contribution < 1.29 is 0 Å². The van der Waals surface area contributed by atoms with Crippen LogP contribution in [0.25, 0.3) is 0 Å². The maximum Gasteiger partial charge on any atom is 0.0699 e. The number of rotatable bonds is 4. The molecule has 0 bridgehead atoms. The summed E-state index contributed by atoms with van der Waals surface area (Å²) in [7, 11) is 2.04. The Hall–Kier alpha value is -1.13. The van der Waals surface area contributed by atoms with Crippen LogP contribution >= 0.6 is 11.3 Å². The summed E-state index contributed by atoms with van der Waals surface area (Å²) < 4.78 is 2.00. The van der Waals surface area contributed by atoms with Gasteiger partial charge in [-0.1, -0.05) is 6.42 Å². The number of aromatic nitrogens is 2. The standard InChI is InChI=1S/C16H23N3S/c1-3-19-11-13(10-18-19)16(17-2)15-9-12-7-5-4-6-8-14(12)20-15/h9-11,16-17H,3-8H2,1-2H3. The minimum Gasteiger partial charge on any atom is -0.309 e. The van der Waals surface area contributed by atoms with Crippen LogP contribution < -0.4 is 5.32 Å². The number of hydrogen-bond donors (Lipinski definition) is 1. The molecule has 0 fully saturated rings. The van der Waals surface area contributed by atoms with Crippen molar-refractivity contribution in [3.63, 3.8) is 0 Å². The lowest BCUT2D eigenvalue weighted by Gasteiger charge is -2.12. The molecule has 0 amide bonds. The van der Waals surface area contributed by atoms with Gasteiger partial charge < -0.3 is 5.32 Å². The third-order valence-electron chi connectivity index (χ3n) is 4.15. The van der Waals surface area contributed by atoms with Crippen LogP contribution in [0, 0.1) is 0 Å². The van der Waals surface area contributed by atoms with Crippen LogP contribution in [-0.4, -0.2) is 16.8 Å². The first-order valence-electron chi connectivity index (χ1n) is 7.63. The van der Waals surface area contributed by atoms with Crippen molar-refractivity contribution in [3.05, 3.63) is 39.3 Å². The third kappa shape index (κ3) is 2.67. The molecule has 108 valence electrons. The molecule has 2 heterocycles. The summed E-state index contributed by atoms with van der Waals surface area (Å²) in [6.45, 7) is 3.05. The number of fused-ring (bicyclic) bond motifs is 1. The van der Waals surface area contributed by atoms with Gasteiger partial charge in [0.2, 0.25) is 0 Å². The molecular weight excluding hydrogens is 266 g/mol. The molecule has 0 aromatic carbocycles. The molecule has 0 saturated carbocycles. The summed E-state index contributed by atoms with van der Waals surface area (Å²) >= 11 is 1.99. The lowest BCUT2D eigenvalue weighted by molar-refractivity contribution is 0.654. The van der Waals surface area contributed by atoms with Crippen molar-refractivity contribution in [1.82, 2.24) is 15.1 Å². The summed E-state index contributed by atoms with van der Waals surface area (Å²) in [6.07, 6.45) is 10.8. The molecule has 3 nitrogen and oxygen atoms in total. The number of aryl methyl sites for hydroxylation is 3. The normalized spacial score (nSPS) is 16.7. The second-order valence-corrected chi connectivity index (χ2v) is 6.68. The summed E-state index contributed by atoms with van der Waals surface area (Å²) in [6, 6.07) is 2.71. The van der Waals surface area contributed by atoms with Gasteiger partial charge in [-0.05, 0) is 51.3 Å². The van der Waals surface area contributed by atoms with Gasteiger partial charge in [0.25, 0.3) is 0 Å². The summed E-state index contributed by atoms with van der Waals surface area (Å²) in [5.74, 6) is 0. The molecule has 0 spiro atoms. The average Bonchev–Trinajstić information content (AvgIpc) is 3.03. The lowest BCUT2D eigenvalue weighted by atomic mass is 10.1. The van der Waals surface area contributed by atoms with Crippen LogP contribution in [0.3, 0.4) is 0 Å². The van der Waals surface area contributed by atoms with E-state index < -0.39 is 0 Å². The first-order valence-corrected chi connectivity index (χ1v) is 8.44. The minimum atomic E-state index is 0.284. The number of thiophene rings is 1. The molecule has 1 aliphatic carbocycles. The van der Waals surface area contributed by atoms with E-state index in [9.17, 15) is 0 Å². The Morgan fingerprint density at radius 3 is 2.95 bits per heavy atom. The molecule has 20 heavy (non-hydrogen) atoms. The Kier molecular flexibility index (Phi) is 4.22. The molecule has 0 saturated heterocycles. The molecular formula is C16H23N3S. The van der Waals surface area contributed by atoms with Crippen LogP contribution in [0.5, 0.6) is 0 Å². The van der Waals surface area contributed by atoms with E-state index >= 15 is 0 Å². The van der Waals surface area contributed by atoms with E-state index in [0.29, 0.717) is 0 Å². The molecule has 0 aliphatic heterocycles. The topological polar surface area (TPSA) is 29.9 Å². The van der Waals surface area contributed by atoms with E-state index in [2.05, 4.69) is 29.6 Å². The van der Waals surface area contributed by atoms with Crippen LogP contribution in [0.4, 0.5) is 0 Å². The second kappa shape index (κ2) is 6.10. The summed E-state index contributed by atoms with van der Waals surface area (Å²) in [4.78, 5) is 3.05. The van der Waals surface area contributed by atoms with E-state index in [-0.39, 0.29) is 6.04 Å². The van der Waals surface area contributed by atoms with E-state index in [1.807, 2.05) is 29.3 Å². The van der Waals surface area contributed by atoms with Crippen LogP contribution in [-0.2, 0) is 19.4 Å². The molecule has 1 N–H and O–H groups in total. The molecule has 0 radical (unpaired) electrons. The highest BCUT2D eigenvalue weighted by Crippen LogP contribution is 2.34. The fourth-order valence-corrected chi connectivity index (χ4v) is 4.40. The monoisotopic (exact) mass is 289 g/mol. The number of nitrogens with zero attached hydrogens (tertiary/aromatic N) is 2. The SMILES string of the molecule is CCn1cc(C(NC)c2cc3c(s2)CCCCC3)cn1. The van der Waals surface area contributed by atoms with Crippen LogP contribution in [0.15, 0.2) is 18.5 Å². The summed E-state index contributed by atoms with van der Waals surface area (Å²) in [5, 5.41) is 7.86. The Bertz CT molecular complexity index is 547. The Morgan fingerprint density at radius 2 is 2.20 bits per heavy atom. The van der Waals surface area contributed by atoms with Crippen molar-refractivity contribution in [3.8, 4) is 0 Å². The van der Waals surface area contributed by atoms with Gasteiger partial charge in [-0.3, -0.25) is 4.68 Å². The largest absolute Gasteiger partial charge is 0.309 e. The molecule has 1 unspecified atom stereocenters. The predicted molar refractivity (Wildman–Crippen MR) is 84.4 cm³/mol. The van der Waals surface area contributed by atoms with Gasteiger partial charge >= 0.3 is 0 Å². The lowest BCUT2D eigenvalue weighted by Crippen LogP contribution is -2.15. The van der Waals surface area contributed by atoms with Crippen molar-refractivity contribution in [2.24, 2.45) is 0 Å². The minimum absolute atomic E-state index is 0.284. The first-order chi connectivity index (χ1) is 9.81. The smallest absolute Gasteiger partial charge is 0.0699 e. The maximum absolute atomic E-state index is 4.41. The van der Waals surface area contributed by atoms with Gasteiger partial charge in [0.1, 0.15) is 0 Å². The maximum atomic E-state index is 4.41. The zero-order valence-corrected chi connectivity index (χ0v) is 13.2. The zero-order chi connectivity index (χ0) is 13.9. The third-order valence-corrected chi connectivity index (χ3v) is 5.45. The van der Waals surface area contributed by atoms with Crippen LogP contribution in [0.2, 0.25) is 0 Å². The molecule has 2 aromatic rings. The first kappa shape index (κ1) is 13.8. The van der Waals surface area contributed by atoms with E-state index in [0.717, 1.165) is 6.54 Å². The highest BCUT2D eigenvalue weighted by Gasteiger charge is 2.19. The molecule has 1 atom stereocenters. The van der Waals surface area contributed by atoms with E-state index in [4.69, 9.17) is 0 Å². The second-order valence-electron chi connectivity index (χ2n) is 5.51. The van der Waals surface area contributed by atoms with Crippen molar-refractivity contribution in [2.75, 3.05) is 7.05 Å². The molecule has 3 rings (SSSR count). The molecule has 4 heteroatoms. The van der Waals surface area contributed by atoms with Gasteiger partial charge in [-0.15, -0.1) is 11.3 Å². The van der Waals surface area contributed by atoms with Gasteiger partial charge in [-0.2, -0.15) is 5.10 Å². The molecule has 2 aromatic heterocycles. The van der Waals surface area contributed by atoms with Crippen molar-refractivity contribution in [1.29, 1.82) is 0 Å². The van der Waals surface area contributed by atoms with Gasteiger partial charge in [-0.25, -0.2) is 0 Å². The fraction of sp³-hybridized carbons (Fsp3) is 0.562. The predicted octanol–water partition coefficient (Wildman–Crippen LogP) is 3.54. The highest BCUT2D eigenvalue weighted by atomic mass is 32.1. The Balaban J connectivity index is 1.89. The average molecular weight is 289 g/mol. The van der Waals surface area contributed by atoms with E-state index in [1.54, 1.807) is 10.4 Å². The zero-order valence-electron chi connectivity index (χ0n) is 12.4. The van der Waals surface area contributed by atoms with Crippen molar-refractivity contribution >= 4 is 11.3 Å². The van der Waals surface area contributed by atoms with E-state index in [1.165, 1.54) is 42.5 Å². The fourth-order valence-electron chi connectivity index (χ4n) is 3.01. The van der Waals surface area contributed by atoms with Gasteiger partial charge in [0.05, 0.1) is 12.2 Å².